The molecular weight excluding hydrogens is 232 g/mol. The first kappa shape index (κ1) is 11.6. The van der Waals surface area contributed by atoms with Crippen LogP contribution in [0, 0.1) is 11.3 Å². The van der Waals surface area contributed by atoms with Gasteiger partial charge in [-0.25, -0.2) is 0 Å². The van der Waals surface area contributed by atoms with Gasteiger partial charge in [0, 0.05) is 30.7 Å². The Kier molecular flexibility index (Phi) is 3.68. The summed E-state index contributed by atoms with van der Waals surface area (Å²) in [7, 11) is 1.92. The van der Waals surface area contributed by atoms with Crippen LogP contribution in [0.25, 0.3) is 11.4 Å². The minimum Gasteiger partial charge on any atom is -0.349 e. The van der Waals surface area contributed by atoms with Crippen LogP contribution in [0.4, 0.5) is 5.13 Å². The lowest BCUT2D eigenvalue weighted by Gasteiger charge is -2.11. The number of anilines is 1. The molecule has 0 unspecified atom stereocenters. The molecule has 0 spiro atoms. The fourth-order valence-corrected chi connectivity index (χ4v) is 2.06. The van der Waals surface area contributed by atoms with E-state index < -0.39 is 0 Å². The monoisotopic (exact) mass is 244 g/mol. The Balaban J connectivity index is 2.14. The first-order chi connectivity index (χ1) is 8.31. The lowest BCUT2D eigenvalue weighted by Crippen LogP contribution is -2.17. The lowest BCUT2D eigenvalue weighted by molar-refractivity contribution is 0.899. The molecule has 2 rings (SSSR count). The maximum Gasteiger partial charge on any atom is 0.205 e. The van der Waals surface area contributed by atoms with Crippen LogP contribution in [0.3, 0.4) is 0 Å². The van der Waals surface area contributed by atoms with Crippen molar-refractivity contribution in [3.05, 3.63) is 30.3 Å². The van der Waals surface area contributed by atoms with Gasteiger partial charge in [-0.3, -0.25) is 0 Å². The average Bonchev–Trinajstić information content (AvgIpc) is 2.86. The third kappa shape index (κ3) is 2.80. The number of aromatic nitrogens is 2. The van der Waals surface area contributed by atoms with Crippen LogP contribution >= 0.6 is 11.5 Å². The van der Waals surface area contributed by atoms with Gasteiger partial charge in [-0.1, -0.05) is 30.3 Å². The lowest BCUT2D eigenvalue weighted by atomic mass is 10.2. The number of rotatable bonds is 4. The van der Waals surface area contributed by atoms with Crippen molar-refractivity contribution in [2.75, 3.05) is 18.5 Å². The smallest absolute Gasteiger partial charge is 0.205 e. The van der Waals surface area contributed by atoms with Gasteiger partial charge < -0.3 is 4.90 Å². The first-order valence-corrected chi connectivity index (χ1v) is 6.06. The van der Waals surface area contributed by atoms with Crippen LogP contribution in [0.1, 0.15) is 6.42 Å². The molecule has 5 heteroatoms. The standard InChI is InChI=1S/C12H12N4S/c1-16(9-5-8-13)12-14-11(15-17-12)10-6-3-2-4-7-10/h2-4,6-7H,5,9H2,1H3. The number of hydrogen-bond donors (Lipinski definition) is 0. The molecule has 4 nitrogen and oxygen atoms in total. The molecular formula is C12H12N4S. The first-order valence-electron chi connectivity index (χ1n) is 5.28. The summed E-state index contributed by atoms with van der Waals surface area (Å²) in [6, 6.07) is 12.0. The summed E-state index contributed by atoms with van der Waals surface area (Å²) in [6.07, 6.45) is 0.497. The van der Waals surface area contributed by atoms with Crippen LogP contribution in [-0.2, 0) is 0 Å². The Morgan fingerprint density at radius 2 is 2.12 bits per heavy atom. The van der Waals surface area contributed by atoms with E-state index in [1.807, 2.05) is 42.3 Å². The van der Waals surface area contributed by atoms with Crippen molar-refractivity contribution < 1.29 is 0 Å². The molecule has 0 radical (unpaired) electrons. The quantitative estimate of drug-likeness (QED) is 0.829. The van der Waals surface area contributed by atoms with Crippen molar-refractivity contribution in [1.82, 2.24) is 9.36 Å². The zero-order valence-electron chi connectivity index (χ0n) is 9.50. The van der Waals surface area contributed by atoms with Crippen molar-refractivity contribution >= 4 is 16.7 Å². The number of benzene rings is 1. The van der Waals surface area contributed by atoms with Gasteiger partial charge in [-0.2, -0.15) is 14.6 Å². The summed E-state index contributed by atoms with van der Waals surface area (Å²) in [4.78, 5) is 6.41. The number of nitrogens with zero attached hydrogens (tertiary/aromatic N) is 4. The summed E-state index contributed by atoms with van der Waals surface area (Å²) in [5.74, 6) is 0.745. The van der Waals surface area contributed by atoms with Gasteiger partial charge in [0.2, 0.25) is 5.13 Å². The van der Waals surface area contributed by atoms with Crippen molar-refractivity contribution in [3.63, 3.8) is 0 Å². The largest absolute Gasteiger partial charge is 0.349 e. The molecule has 0 N–H and O–H groups in total. The molecule has 2 aromatic rings. The topological polar surface area (TPSA) is 52.8 Å². The van der Waals surface area contributed by atoms with Crippen LogP contribution in [0.2, 0.25) is 0 Å². The maximum atomic E-state index is 8.54. The van der Waals surface area contributed by atoms with E-state index in [2.05, 4.69) is 15.4 Å². The summed E-state index contributed by atoms with van der Waals surface area (Å²) >= 11 is 1.36. The second-order valence-electron chi connectivity index (χ2n) is 3.60. The van der Waals surface area contributed by atoms with Crippen molar-refractivity contribution in [2.24, 2.45) is 0 Å². The highest BCUT2D eigenvalue weighted by molar-refractivity contribution is 7.09. The van der Waals surface area contributed by atoms with Crippen molar-refractivity contribution in [2.45, 2.75) is 6.42 Å². The predicted octanol–water partition coefficient (Wildman–Crippen LogP) is 2.55. The molecule has 0 amide bonds. The fourth-order valence-electron chi connectivity index (χ4n) is 1.39. The summed E-state index contributed by atoms with van der Waals surface area (Å²) in [6.45, 7) is 0.680. The fraction of sp³-hybridized carbons (Fsp3) is 0.250. The molecule has 1 aromatic carbocycles. The van der Waals surface area contributed by atoms with Crippen molar-refractivity contribution in [3.8, 4) is 17.5 Å². The Morgan fingerprint density at radius 3 is 2.82 bits per heavy atom. The van der Waals surface area contributed by atoms with E-state index >= 15 is 0 Å². The highest BCUT2D eigenvalue weighted by Gasteiger charge is 2.09. The Morgan fingerprint density at radius 1 is 1.35 bits per heavy atom. The summed E-state index contributed by atoms with van der Waals surface area (Å²) < 4.78 is 4.32. The molecule has 0 aliphatic carbocycles. The van der Waals surface area contributed by atoms with Crippen molar-refractivity contribution in [1.29, 1.82) is 5.26 Å². The zero-order valence-corrected chi connectivity index (χ0v) is 10.3. The zero-order chi connectivity index (χ0) is 12.1. The molecule has 0 saturated carbocycles. The molecule has 17 heavy (non-hydrogen) atoms. The van der Waals surface area contributed by atoms with E-state index in [9.17, 15) is 0 Å². The van der Waals surface area contributed by atoms with Gasteiger partial charge in [0.25, 0.3) is 0 Å². The summed E-state index contributed by atoms with van der Waals surface area (Å²) in [5.41, 5.74) is 1.02. The summed E-state index contributed by atoms with van der Waals surface area (Å²) in [5, 5.41) is 9.38. The molecule has 1 aromatic heterocycles. The van der Waals surface area contributed by atoms with E-state index in [0.717, 1.165) is 16.5 Å². The van der Waals surface area contributed by atoms with Gasteiger partial charge in [-0.05, 0) is 0 Å². The minimum atomic E-state index is 0.497. The molecule has 0 aliphatic heterocycles. The third-order valence-corrected chi connectivity index (χ3v) is 3.16. The SMILES string of the molecule is CN(CCC#N)c1nc(-c2ccccc2)ns1. The third-order valence-electron chi connectivity index (χ3n) is 2.33. The van der Waals surface area contributed by atoms with E-state index in [0.29, 0.717) is 13.0 Å². The molecule has 0 bridgehead atoms. The Bertz CT molecular complexity index is 515. The Hall–Kier alpha value is -1.93. The maximum absolute atomic E-state index is 8.54. The van der Waals surface area contributed by atoms with E-state index in [1.165, 1.54) is 11.5 Å². The van der Waals surface area contributed by atoms with Gasteiger partial charge >= 0.3 is 0 Å². The van der Waals surface area contributed by atoms with Gasteiger partial charge in [0.15, 0.2) is 5.82 Å². The molecule has 86 valence electrons. The van der Waals surface area contributed by atoms with E-state index in [4.69, 9.17) is 5.26 Å². The molecule has 0 fully saturated rings. The molecule has 0 saturated heterocycles. The van der Waals surface area contributed by atoms with Crippen LogP contribution in [-0.4, -0.2) is 22.9 Å². The number of hydrogen-bond acceptors (Lipinski definition) is 5. The van der Waals surface area contributed by atoms with Crippen LogP contribution in [0.5, 0.6) is 0 Å². The molecule has 0 atom stereocenters. The van der Waals surface area contributed by atoms with Crippen LogP contribution < -0.4 is 4.90 Å². The molecule has 0 aliphatic rings. The van der Waals surface area contributed by atoms with Gasteiger partial charge in [0.05, 0.1) is 12.5 Å². The average molecular weight is 244 g/mol. The molecule has 1 heterocycles. The Labute approximate surface area is 104 Å². The minimum absolute atomic E-state index is 0.497. The van der Waals surface area contributed by atoms with E-state index in [-0.39, 0.29) is 0 Å². The van der Waals surface area contributed by atoms with Crippen LogP contribution in [0.15, 0.2) is 30.3 Å². The number of nitriles is 1. The second-order valence-corrected chi connectivity index (χ2v) is 4.33. The normalized spacial score (nSPS) is 9.88. The van der Waals surface area contributed by atoms with E-state index in [1.54, 1.807) is 0 Å². The highest BCUT2D eigenvalue weighted by Crippen LogP contribution is 2.22. The van der Waals surface area contributed by atoms with Gasteiger partial charge in [-0.15, -0.1) is 0 Å². The highest BCUT2D eigenvalue weighted by atomic mass is 32.1. The predicted molar refractivity (Wildman–Crippen MR) is 68.8 cm³/mol. The van der Waals surface area contributed by atoms with Gasteiger partial charge in [0.1, 0.15) is 0 Å². The second kappa shape index (κ2) is 5.41.